The number of carbonyl (C=O) groups is 2. The van der Waals surface area contributed by atoms with Crippen molar-refractivity contribution in [3.8, 4) is 0 Å². The van der Waals surface area contributed by atoms with E-state index < -0.39 is 12.1 Å². The van der Waals surface area contributed by atoms with Gasteiger partial charge in [0.2, 0.25) is 5.91 Å². The monoisotopic (exact) mass is 1140 g/mol. The summed E-state index contributed by atoms with van der Waals surface area (Å²) in [6.45, 7) is 4.99. The molecule has 81 heavy (non-hydrogen) atoms. The van der Waals surface area contributed by atoms with Gasteiger partial charge in [0.05, 0.1) is 25.4 Å². The van der Waals surface area contributed by atoms with Gasteiger partial charge < -0.3 is 20.3 Å². The molecule has 0 aliphatic rings. The van der Waals surface area contributed by atoms with Crippen LogP contribution in [-0.4, -0.2) is 47.4 Å². The number of ether oxygens (including phenoxy) is 1. The number of carbonyl (C=O) groups excluding carboxylic acids is 2. The van der Waals surface area contributed by atoms with Crippen LogP contribution in [0.1, 0.15) is 418 Å². The molecule has 0 aromatic heterocycles. The van der Waals surface area contributed by atoms with Gasteiger partial charge in [-0.15, -0.1) is 0 Å². The molecule has 0 spiro atoms. The van der Waals surface area contributed by atoms with E-state index in [4.69, 9.17) is 4.74 Å². The summed E-state index contributed by atoms with van der Waals surface area (Å²) >= 11 is 0. The summed E-state index contributed by atoms with van der Waals surface area (Å²) < 4.78 is 5.50. The predicted octanol–water partition coefficient (Wildman–Crippen LogP) is 24.1. The summed E-state index contributed by atoms with van der Waals surface area (Å²) in [7, 11) is 0. The summed E-state index contributed by atoms with van der Waals surface area (Å²) in [6, 6.07) is -0.540. The van der Waals surface area contributed by atoms with Crippen molar-refractivity contribution in [2.24, 2.45) is 0 Å². The number of aliphatic hydroxyl groups is 2. The highest BCUT2D eigenvalue weighted by atomic mass is 16.5. The minimum Gasteiger partial charge on any atom is -0.466 e. The molecule has 0 saturated carbocycles. The molecule has 3 N–H and O–H groups in total. The standard InChI is InChI=1S/C75H145NO5/c1-3-5-7-9-11-13-15-17-19-36-41-45-49-53-57-61-65-69-75(80)81-70-66-62-58-54-50-46-42-38-35-33-31-29-27-25-23-21-22-24-26-28-30-32-34-37-40-44-48-52-56-60-64-68-74(79)76-72(71-77)73(78)67-63-59-55-51-47-43-39-20-18-16-14-12-10-8-6-4-2/h17,19,23,25,72-73,77-78H,3-16,18,20-22,24,26-71H2,1-2H3,(H,76,79)/b19-17-,25-23-. The number of allylic oxidation sites excluding steroid dienone is 4. The van der Waals surface area contributed by atoms with Crippen LogP contribution >= 0.6 is 0 Å². The Morgan fingerprint density at radius 3 is 0.877 bits per heavy atom. The van der Waals surface area contributed by atoms with Crippen LogP contribution in [0.25, 0.3) is 0 Å². The van der Waals surface area contributed by atoms with E-state index in [-0.39, 0.29) is 18.5 Å². The van der Waals surface area contributed by atoms with E-state index in [1.54, 1.807) is 0 Å². The number of unbranched alkanes of at least 4 members (excludes halogenated alkanes) is 55. The van der Waals surface area contributed by atoms with Crippen LogP contribution < -0.4 is 5.32 Å². The number of amides is 1. The first kappa shape index (κ1) is 79.3. The highest BCUT2D eigenvalue weighted by Crippen LogP contribution is 2.19. The minimum atomic E-state index is -0.663. The fourth-order valence-corrected chi connectivity index (χ4v) is 11.8. The van der Waals surface area contributed by atoms with Crippen molar-refractivity contribution >= 4 is 11.9 Å². The second-order valence-corrected chi connectivity index (χ2v) is 25.6. The maximum Gasteiger partial charge on any atom is 0.305 e. The quantitative estimate of drug-likeness (QED) is 0.0320. The largest absolute Gasteiger partial charge is 0.466 e. The molecule has 0 saturated heterocycles. The Kier molecular flexibility index (Phi) is 69.4. The summed E-state index contributed by atoms with van der Waals surface area (Å²) in [4.78, 5) is 24.6. The second-order valence-electron chi connectivity index (χ2n) is 25.6. The molecule has 0 radical (unpaired) electrons. The molecular formula is C75H145NO5. The third kappa shape index (κ3) is 67.3. The predicted molar refractivity (Wildman–Crippen MR) is 356 cm³/mol. The molecule has 0 fully saturated rings. The van der Waals surface area contributed by atoms with Gasteiger partial charge in [-0.25, -0.2) is 0 Å². The first-order chi connectivity index (χ1) is 40.0. The van der Waals surface area contributed by atoms with Crippen LogP contribution in [0.3, 0.4) is 0 Å². The highest BCUT2D eigenvalue weighted by Gasteiger charge is 2.20. The van der Waals surface area contributed by atoms with E-state index in [0.717, 1.165) is 44.9 Å². The maximum atomic E-state index is 12.5. The van der Waals surface area contributed by atoms with Crippen molar-refractivity contribution in [1.82, 2.24) is 5.32 Å². The summed E-state index contributed by atoms with van der Waals surface area (Å²) in [5, 5.41) is 23.4. The van der Waals surface area contributed by atoms with Crippen LogP contribution in [0.15, 0.2) is 24.3 Å². The lowest BCUT2D eigenvalue weighted by Gasteiger charge is -2.22. The van der Waals surface area contributed by atoms with E-state index in [1.807, 2.05) is 0 Å². The van der Waals surface area contributed by atoms with Crippen molar-refractivity contribution in [2.45, 2.75) is 431 Å². The summed E-state index contributed by atoms with van der Waals surface area (Å²) in [5.74, 6) is -0.0142. The van der Waals surface area contributed by atoms with Crippen molar-refractivity contribution in [2.75, 3.05) is 13.2 Å². The molecule has 0 aromatic carbocycles. The molecule has 0 aromatic rings. The third-order valence-corrected chi connectivity index (χ3v) is 17.5. The van der Waals surface area contributed by atoms with Gasteiger partial charge in [-0.05, 0) is 77.0 Å². The van der Waals surface area contributed by atoms with Crippen molar-refractivity contribution in [3.05, 3.63) is 24.3 Å². The van der Waals surface area contributed by atoms with Gasteiger partial charge in [0.1, 0.15) is 0 Å². The fraction of sp³-hybridized carbons (Fsp3) is 0.920. The third-order valence-electron chi connectivity index (χ3n) is 17.5. The number of rotatable bonds is 70. The van der Waals surface area contributed by atoms with Gasteiger partial charge >= 0.3 is 5.97 Å². The lowest BCUT2D eigenvalue weighted by atomic mass is 10.0. The number of hydrogen-bond acceptors (Lipinski definition) is 5. The van der Waals surface area contributed by atoms with Gasteiger partial charge in [-0.1, -0.05) is 353 Å². The number of hydrogen-bond donors (Lipinski definition) is 3. The van der Waals surface area contributed by atoms with Crippen molar-refractivity contribution < 1.29 is 24.5 Å². The number of nitrogens with one attached hydrogen (secondary N) is 1. The smallest absolute Gasteiger partial charge is 0.305 e. The molecule has 0 heterocycles. The molecule has 0 aliphatic carbocycles. The Hall–Kier alpha value is -1.66. The van der Waals surface area contributed by atoms with Crippen molar-refractivity contribution in [3.63, 3.8) is 0 Å². The molecule has 480 valence electrons. The lowest BCUT2D eigenvalue weighted by Crippen LogP contribution is -2.45. The van der Waals surface area contributed by atoms with Crippen LogP contribution in [0.2, 0.25) is 0 Å². The Balaban J connectivity index is 3.34. The van der Waals surface area contributed by atoms with Gasteiger partial charge in [0.15, 0.2) is 0 Å². The molecular weight excluding hydrogens is 995 g/mol. The Bertz CT molecular complexity index is 1270. The van der Waals surface area contributed by atoms with E-state index >= 15 is 0 Å². The number of aliphatic hydroxyl groups excluding tert-OH is 2. The van der Waals surface area contributed by atoms with Crippen LogP contribution in [0, 0.1) is 0 Å². The van der Waals surface area contributed by atoms with E-state index in [2.05, 4.69) is 43.5 Å². The highest BCUT2D eigenvalue weighted by molar-refractivity contribution is 5.76. The van der Waals surface area contributed by atoms with E-state index in [0.29, 0.717) is 25.9 Å². The molecule has 2 atom stereocenters. The topological polar surface area (TPSA) is 95.9 Å². The lowest BCUT2D eigenvalue weighted by molar-refractivity contribution is -0.143. The second kappa shape index (κ2) is 70.8. The summed E-state index contributed by atoms with van der Waals surface area (Å²) in [5.41, 5.74) is 0. The molecule has 0 bridgehead atoms. The first-order valence-electron chi connectivity index (χ1n) is 37.1. The zero-order valence-corrected chi connectivity index (χ0v) is 55.0. The number of esters is 1. The molecule has 0 aliphatic heterocycles. The maximum absolute atomic E-state index is 12.5. The molecule has 6 nitrogen and oxygen atoms in total. The molecule has 2 unspecified atom stereocenters. The molecule has 0 rings (SSSR count). The van der Waals surface area contributed by atoms with Gasteiger partial charge in [0, 0.05) is 12.8 Å². The zero-order chi connectivity index (χ0) is 58.5. The molecule has 1 amide bonds. The van der Waals surface area contributed by atoms with Crippen LogP contribution in [0.4, 0.5) is 0 Å². The van der Waals surface area contributed by atoms with E-state index in [9.17, 15) is 19.8 Å². The van der Waals surface area contributed by atoms with Gasteiger partial charge in [0.25, 0.3) is 0 Å². The van der Waals surface area contributed by atoms with Gasteiger partial charge in [-0.2, -0.15) is 0 Å². The van der Waals surface area contributed by atoms with E-state index in [1.165, 1.54) is 340 Å². The average Bonchev–Trinajstić information content (AvgIpc) is 3.47. The fourth-order valence-electron chi connectivity index (χ4n) is 11.8. The Labute approximate surface area is 507 Å². The van der Waals surface area contributed by atoms with Crippen molar-refractivity contribution in [1.29, 1.82) is 0 Å². The Morgan fingerprint density at radius 2 is 0.580 bits per heavy atom. The minimum absolute atomic E-state index is 0.0152. The first-order valence-corrected chi connectivity index (χ1v) is 37.1. The van der Waals surface area contributed by atoms with Gasteiger partial charge in [-0.3, -0.25) is 9.59 Å². The zero-order valence-electron chi connectivity index (χ0n) is 55.0. The Morgan fingerprint density at radius 1 is 0.333 bits per heavy atom. The average molecular weight is 1140 g/mol. The SMILES string of the molecule is CCCCCCCC/C=C\CCCCCCCCCC(=O)OCCCCCCCCCCCCCC/C=C\CCCCCCCCCCCCCCCCCC(=O)NC(CO)C(O)CCCCCCCCCCCCCCCCCC. The normalized spacial score (nSPS) is 12.6. The molecule has 6 heteroatoms. The van der Waals surface area contributed by atoms with Crippen LogP contribution in [0.5, 0.6) is 0 Å². The summed E-state index contributed by atoms with van der Waals surface area (Å²) in [6.07, 6.45) is 89.6. The van der Waals surface area contributed by atoms with Crippen LogP contribution in [-0.2, 0) is 14.3 Å².